The second-order valence-corrected chi connectivity index (χ2v) is 12.2. The maximum atomic E-state index is 13.8. The van der Waals surface area contributed by atoms with E-state index in [-0.39, 0.29) is 34.5 Å². The zero-order valence-corrected chi connectivity index (χ0v) is 25.0. The molecule has 1 aliphatic carbocycles. The van der Waals surface area contributed by atoms with Gasteiger partial charge in [-0.05, 0) is 49.8 Å². The molecule has 230 valence electrons. The zero-order chi connectivity index (χ0) is 31.4. The molecule has 0 atom stereocenters. The summed E-state index contributed by atoms with van der Waals surface area (Å²) in [6.07, 6.45) is 6.04. The molecular formula is C31H31F2N5O5S. The molecule has 44 heavy (non-hydrogen) atoms. The van der Waals surface area contributed by atoms with Gasteiger partial charge in [-0.15, -0.1) is 0 Å². The number of aromatic nitrogens is 4. The molecule has 1 saturated carbocycles. The average molecular weight is 624 g/mol. The van der Waals surface area contributed by atoms with Crippen molar-refractivity contribution in [2.24, 2.45) is 5.92 Å². The van der Waals surface area contributed by atoms with E-state index >= 15 is 0 Å². The van der Waals surface area contributed by atoms with Crippen molar-refractivity contribution in [3.63, 3.8) is 0 Å². The minimum Gasteiger partial charge on any atom is -0.432 e. The summed E-state index contributed by atoms with van der Waals surface area (Å²) in [5.41, 5.74) is 2.56. The number of benzene rings is 2. The SMILES string of the molecule is CCCCc1nc(C)n(-c2ncc(OC(F)F)cn2)c(=O)c1Cc1ccc(-c2ccccc2S(=O)(=O)NC(=O)C2CC2)cc1. The summed E-state index contributed by atoms with van der Waals surface area (Å²) in [4.78, 5) is 38.8. The third-order valence-electron chi connectivity index (χ3n) is 7.24. The number of halogens is 2. The Morgan fingerprint density at radius 3 is 2.41 bits per heavy atom. The summed E-state index contributed by atoms with van der Waals surface area (Å²) in [5, 5.41) is 0. The van der Waals surface area contributed by atoms with Crippen molar-refractivity contribution >= 4 is 15.9 Å². The molecule has 13 heteroatoms. The summed E-state index contributed by atoms with van der Waals surface area (Å²) >= 11 is 0. The Kier molecular flexibility index (Phi) is 9.14. The molecule has 0 spiro atoms. The van der Waals surface area contributed by atoms with Gasteiger partial charge in [0, 0.05) is 23.5 Å². The predicted molar refractivity (Wildman–Crippen MR) is 158 cm³/mol. The Bertz CT molecular complexity index is 1820. The number of rotatable bonds is 12. The molecule has 0 aliphatic heterocycles. The van der Waals surface area contributed by atoms with Gasteiger partial charge in [-0.2, -0.15) is 8.78 Å². The Morgan fingerprint density at radius 2 is 1.77 bits per heavy atom. The van der Waals surface area contributed by atoms with Gasteiger partial charge in [0.15, 0.2) is 5.75 Å². The summed E-state index contributed by atoms with van der Waals surface area (Å²) < 4.78 is 59.0. The Morgan fingerprint density at radius 1 is 1.09 bits per heavy atom. The summed E-state index contributed by atoms with van der Waals surface area (Å²) in [5.74, 6) is -0.651. The number of amides is 1. The maximum absolute atomic E-state index is 13.8. The van der Waals surface area contributed by atoms with Crippen LogP contribution in [0.5, 0.6) is 5.75 Å². The minimum atomic E-state index is -4.07. The highest BCUT2D eigenvalue weighted by Crippen LogP contribution is 2.31. The number of aryl methyl sites for hydroxylation is 2. The number of nitrogens with zero attached hydrogens (tertiary/aromatic N) is 4. The highest BCUT2D eigenvalue weighted by atomic mass is 32.2. The van der Waals surface area contributed by atoms with E-state index in [0.29, 0.717) is 47.5 Å². The van der Waals surface area contributed by atoms with Crippen molar-refractivity contribution < 1.29 is 26.7 Å². The molecule has 2 aromatic heterocycles. The van der Waals surface area contributed by atoms with Crippen LogP contribution in [0.2, 0.25) is 0 Å². The third kappa shape index (κ3) is 6.99. The fourth-order valence-corrected chi connectivity index (χ4v) is 6.11. The molecule has 0 unspecified atom stereocenters. The first-order chi connectivity index (χ1) is 21.1. The van der Waals surface area contributed by atoms with Crippen molar-refractivity contribution in [1.82, 2.24) is 24.2 Å². The van der Waals surface area contributed by atoms with E-state index in [1.54, 1.807) is 37.3 Å². The van der Waals surface area contributed by atoms with Gasteiger partial charge in [0.2, 0.25) is 11.9 Å². The molecule has 4 aromatic rings. The van der Waals surface area contributed by atoms with Gasteiger partial charge < -0.3 is 4.74 Å². The van der Waals surface area contributed by atoms with E-state index in [2.05, 4.69) is 24.4 Å². The monoisotopic (exact) mass is 623 g/mol. The molecule has 2 aromatic carbocycles. The smallest absolute Gasteiger partial charge is 0.387 e. The number of sulfonamides is 1. The lowest BCUT2D eigenvalue weighted by Crippen LogP contribution is -2.32. The van der Waals surface area contributed by atoms with E-state index in [1.807, 2.05) is 19.1 Å². The number of alkyl halides is 2. The van der Waals surface area contributed by atoms with Crippen LogP contribution in [0.3, 0.4) is 0 Å². The second-order valence-electron chi connectivity index (χ2n) is 10.5. The van der Waals surface area contributed by atoms with Crippen molar-refractivity contribution in [3.8, 4) is 22.8 Å². The predicted octanol–water partition coefficient (Wildman–Crippen LogP) is 4.75. The standard InChI is InChI=1S/C31H31F2N5O5S/c1-3-4-8-26-25(29(40)38(19(2)36-26)31-34-17-23(18-35-31)43-30(32)33)16-20-10-12-21(13-11-20)24-7-5-6-9-27(24)44(41,42)37-28(39)22-14-15-22/h5-7,9-13,17-18,22,30H,3-4,8,14-16H2,1-2H3,(H,37,39). The second kappa shape index (κ2) is 13.0. The van der Waals surface area contributed by atoms with Gasteiger partial charge in [0.1, 0.15) is 5.82 Å². The van der Waals surface area contributed by atoms with E-state index in [1.165, 1.54) is 10.6 Å². The highest BCUT2D eigenvalue weighted by Gasteiger charge is 2.33. The third-order valence-corrected chi connectivity index (χ3v) is 8.65. The molecule has 0 radical (unpaired) electrons. The van der Waals surface area contributed by atoms with Crippen LogP contribution in [0.15, 0.2) is 70.6 Å². The quantitative estimate of drug-likeness (QED) is 0.239. The van der Waals surface area contributed by atoms with E-state index < -0.39 is 22.5 Å². The summed E-state index contributed by atoms with van der Waals surface area (Å²) in [7, 11) is -4.07. The van der Waals surface area contributed by atoms with Crippen LogP contribution in [0.1, 0.15) is 55.3 Å². The van der Waals surface area contributed by atoms with Crippen LogP contribution in [-0.4, -0.2) is 40.5 Å². The first kappa shape index (κ1) is 30.9. The largest absolute Gasteiger partial charge is 0.432 e. The average Bonchev–Trinajstić information content (AvgIpc) is 3.85. The lowest BCUT2D eigenvalue weighted by molar-refractivity contribution is -0.120. The molecule has 10 nitrogen and oxygen atoms in total. The molecule has 1 amide bonds. The number of carbonyl (C=O) groups is 1. The molecule has 2 heterocycles. The van der Waals surface area contributed by atoms with Crippen molar-refractivity contribution in [2.45, 2.75) is 63.9 Å². The maximum Gasteiger partial charge on any atom is 0.387 e. The number of ether oxygens (including phenoxy) is 1. The first-order valence-electron chi connectivity index (χ1n) is 14.2. The number of unbranched alkanes of at least 4 members (excludes halogenated alkanes) is 1. The van der Waals surface area contributed by atoms with E-state index in [0.717, 1.165) is 30.8 Å². The first-order valence-corrected chi connectivity index (χ1v) is 15.7. The van der Waals surface area contributed by atoms with Gasteiger partial charge in [0.25, 0.3) is 15.6 Å². The van der Waals surface area contributed by atoms with Gasteiger partial charge in [-0.3, -0.25) is 9.59 Å². The highest BCUT2D eigenvalue weighted by molar-refractivity contribution is 7.90. The van der Waals surface area contributed by atoms with E-state index in [4.69, 9.17) is 0 Å². The topological polar surface area (TPSA) is 133 Å². The Hall–Kier alpha value is -4.52. The van der Waals surface area contributed by atoms with Crippen LogP contribution in [-0.2, 0) is 27.7 Å². The fourth-order valence-electron chi connectivity index (χ4n) is 4.83. The Balaban J connectivity index is 1.46. The van der Waals surface area contributed by atoms with Crippen molar-refractivity contribution in [1.29, 1.82) is 0 Å². The van der Waals surface area contributed by atoms with Crippen LogP contribution in [0.4, 0.5) is 8.78 Å². The molecule has 0 bridgehead atoms. The molecule has 5 rings (SSSR count). The molecule has 1 aliphatic rings. The van der Waals surface area contributed by atoms with Gasteiger partial charge in [0.05, 0.1) is 23.0 Å². The molecular weight excluding hydrogens is 592 g/mol. The van der Waals surface area contributed by atoms with Crippen LogP contribution in [0, 0.1) is 12.8 Å². The normalized spacial score (nSPS) is 13.2. The molecule has 0 saturated heterocycles. The minimum absolute atomic E-state index is 0.000749. The van der Waals surface area contributed by atoms with Gasteiger partial charge >= 0.3 is 6.61 Å². The van der Waals surface area contributed by atoms with Crippen LogP contribution in [0.25, 0.3) is 17.1 Å². The fraction of sp³-hybridized carbons (Fsp3) is 0.323. The van der Waals surface area contributed by atoms with Gasteiger partial charge in [-0.1, -0.05) is 55.8 Å². The van der Waals surface area contributed by atoms with Crippen molar-refractivity contribution in [3.05, 3.63) is 93.9 Å². The lowest BCUT2D eigenvalue weighted by atomic mass is 9.98. The molecule has 1 fully saturated rings. The number of hydrogen-bond donors (Lipinski definition) is 1. The molecule has 1 N–H and O–H groups in total. The van der Waals surface area contributed by atoms with E-state index in [9.17, 15) is 26.8 Å². The zero-order valence-electron chi connectivity index (χ0n) is 24.2. The number of hydrogen-bond acceptors (Lipinski definition) is 8. The van der Waals surface area contributed by atoms with Crippen LogP contribution < -0.4 is 15.0 Å². The Labute approximate surface area is 253 Å². The summed E-state index contributed by atoms with van der Waals surface area (Å²) in [6, 6.07) is 13.6. The number of nitrogens with one attached hydrogen (secondary N) is 1. The van der Waals surface area contributed by atoms with Crippen molar-refractivity contribution in [2.75, 3.05) is 0 Å². The van der Waals surface area contributed by atoms with Crippen LogP contribution >= 0.6 is 0 Å². The van der Waals surface area contributed by atoms with Gasteiger partial charge in [-0.25, -0.2) is 32.7 Å². The number of carbonyl (C=O) groups excluding carboxylic acids is 1. The lowest BCUT2D eigenvalue weighted by Gasteiger charge is -2.15. The summed E-state index contributed by atoms with van der Waals surface area (Å²) in [6.45, 7) is 0.664.